The van der Waals surface area contributed by atoms with E-state index in [-0.39, 0.29) is 0 Å². The van der Waals surface area contributed by atoms with E-state index in [2.05, 4.69) is 19.2 Å². The van der Waals surface area contributed by atoms with Gasteiger partial charge in [-0.1, -0.05) is 13.8 Å². The van der Waals surface area contributed by atoms with Gasteiger partial charge in [0, 0.05) is 5.54 Å². The Balaban J connectivity index is 2.11. The van der Waals surface area contributed by atoms with Gasteiger partial charge in [0.2, 0.25) is 0 Å². The summed E-state index contributed by atoms with van der Waals surface area (Å²) in [5.74, 6) is 1.85. The lowest BCUT2D eigenvalue weighted by atomic mass is 9.80. The Hall–Kier alpha value is -0.0400. The highest BCUT2D eigenvalue weighted by Gasteiger charge is 2.48. The summed E-state index contributed by atoms with van der Waals surface area (Å²) in [6.07, 6.45) is 5.78. The molecule has 1 heterocycles. The summed E-state index contributed by atoms with van der Waals surface area (Å²) in [7, 11) is 0. The summed E-state index contributed by atoms with van der Waals surface area (Å²) in [4.78, 5) is 0. The van der Waals surface area contributed by atoms with Gasteiger partial charge in [0.05, 0.1) is 0 Å². The summed E-state index contributed by atoms with van der Waals surface area (Å²) in [5, 5.41) is 3.73. The fourth-order valence-electron chi connectivity index (χ4n) is 2.70. The highest BCUT2D eigenvalue weighted by molar-refractivity contribution is 5.05. The first kappa shape index (κ1) is 7.60. The van der Waals surface area contributed by atoms with E-state index in [9.17, 15) is 0 Å². The van der Waals surface area contributed by atoms with Gasteiger partial charge in [-0.15, -0.1) is 0 Å². The number of hydrogen-bond acceptors (Lipinski definition) is 1. The highest BCUT2D eigenvalue weighted by atomic mass is 15.0. The second-order valence-electron chi connectivity index (χ2n) is 4.50. The van der Waals surface area contributed by atoms with E-state index in [1.807, 2.05) is 0 Å². The molecule has 1 aliphatic carbocycles. The standard InChI is InChI=1S/C10H19N/c1-8(2)10(9-4-5-9)6-3-7-11-10/h8-9,11H,3-7H2,1-2H3. The normalized spacial score (nSPS) is 38.5. The molecule has 0 amide bonds. The molecule has 1 saturated heterocycles. The summed E-state index contributed by atoms with van der Waals surface area (Å²) in [6, 6.07) is 0. The zero-order chi connectivity index (χ0) is 7.90. The maximum atomic E-state index is 3.73. The van der Waals surface area contributed by atoms with Crippen molar-refractivity contribution in [3.8, 4) is 0 Å². The molecule has 2 fully saturated rings. The lowest BCUT2D eigenvalue weighted by Crippen LogP contribution is -2.46. The molecule has 1 heteroatoms. The van der Waals surface area contributed by atoms with Gasteiger partial charge in [0.25, 0.3) is 0 Å². The summed E-state index contributed by atoms with van der Waals surface area (Å²) in [6.45, 7) is 6.00. The third kappa shape index (κ3) is 1.10. The van der Waals surface area contributed by atoms with Gasteiger partial charge in [0.1, 0.15) is 0 Å². The molecule has 0 spiro atoms. The number of rotatable bonds is 2. The monoisotopic (exact) mass is 153 g/mol. The van der Waals surface area contributed by atoms with Crippen LogP contribution in [0.5, 0.6) is 0 Å². The SMILES string of the molecule is CC(C)C1(C2CC2)CCCN1. The lowest BCUT2D eigenvalue weighted by molar-refractivity contribution is 0.233. The van der Waals surface area contributed by atoms with Crippen molar-refractivity contribution >= 4 is 0 Å². The minimum absolute atomic E-state index is 0.556. The van der Waals surface area contributed by atoms with Crippen LogP contribution in [0.15, 0.2) is 0 Å². The first-order chi connectivity index (χ1) is 5.26. The number of hydrogen-bond donors (Lipinski definition) is 1. The minimum atomic E-state index is 0.556. The third-order valence-corrected chi connectivity index (χ3v) is 3.56. The zero-order valence-electron chi connectivity index (χ0n) is 7.69. The molecule has 2 rings (SSSR count). The lowest BCUT2D eigenvalue weighted by Gasteiger charge is -2.34. The Morgan fingerprint density at radius 3 is 2.45 bits per heavy atom. The van der Waals surface area contributed by atoms with Gasteiger partial charge in [0.15, 0.2) is 0 Å². The third-order valence-electron chi connectivity index (χ3n) is 3.56. The molecule has 1 nitrogen and oxygen atoms in total. The maximum absolute atomic E-state index is 3.73. The Labute approximate surface area is 69.6 Å². The Kier molecular flexibility index (Phi) is 1.71. The van der Waals surface area contributed by atoms with Crippen LogP contribution >= 0.6 is 0 Å². The van der Waals surface area contributed by atoms with Crippen LogP contribution in [0.4, 0.5) is 0 Å². The van der Waals surface area contributed by atoms with Crippen molar-refractivity contribution in [3.63, 3.8) is 0 Å². The fourth-order valence-corrected chi connectivity index (χ4v) is 2.70. The zero-order valence-corrected chi connectivity index (χ0v) is 7.69. The van der Waals surface area contributed by atoms with Crippen LogP contribution in [-0.4, -0.2) is 12.1 Å². The van der Waals surface area contributed by atoms with Crippen LogP contribution in [-0.2, 0) is 0 Å². The molecular formula is C10H19N. The maximum Gasteiger partial charge on any atom is 0.0233 e. The topological polar surface area (TPSA) is 12.0 Å². The van der Waals surface area contributed by atoms with Crippen molar-refractivity contribution in [2.24, 2.45) is 11.8 Å². The average molecular weight is 153 g/mol. The Morgan fingerprint density at radius 2 is 2.09 bits per heavy atom. The Morgan fingerprint density at radius 1 is 1.36 bits per heavy atom. The molecule has 0 radical (unpaired) electrons. The van der Waals surface area contributed by atoms with Gasteiger partial charge in [-0.05, 0) is 44.1 Å². The summed E-state index contributed by atoms with van der Waals surface area (Å²) >= 11 is 0. The minimum Gasteiger partial charge on any atom is -0.311 e. The van der Waals surface area contributed by atoms with Gasteiger partial charge in [-0.25, -0.2) is 0 Å². The number of nitrogens with one attached hydrogen (secondary N) is 1. The second-order valence-corrected chi connectivity index (χ2v) is 4.50. The van der Waals surface area contributed by atoms with Crippen LogP contribution in [0.3, 0.4) is 0 Å². The molecule has 1 saturated carbocycles. The van der Waals surface area contributed by atoms with E-state index in [4.69, 9.17) is 0 Å². The van der Waals surface area contributed by atoms with Crippen LogP contribution in [0.1, 0.15) is 39.5 Å². The van der Waals surface area contributed by atoms with E-state index in [1.54, 1.807) is 0 Å². The molecule has 2 aliphatic rings. The van der Waals surface area contributed by atoms with Gasteiger partial charge >= 0.3 is 0 Å². The van der Waals surface area contributed by atoms with E-state index in [0.29, 0.717) is 5.54 Å². The molecule has 1 N–H and O–H groups in total. The van der Waals surface area contributed by atoms with Gasteiger partial charge < -0.3 is 5.32 Å². The van der Waals surface area contributed by atoms with Crippen molar-refractivity contribution in [3.05, 3.63) is 0 Å². The molecule has 64 valence electrons. The first-order valence-corrected chi connectivity index (χ1v) is 5.01. The van der Waals surface area contributed by atoms with Crippen molar-refractivity contribution in [2.75, 3.05) is 6.54 Å². The molecule has 1 aliphatic heterocycles. The molecule has 0 aromatic carbocycles. The highest BCUT2D eigenvalue weighted by Crippen LogP contribution is 2.47. The smallest absolute Gasteiger partial charge is 0.0233 e. The van der Waals surface area contributed by atoms with Crippen LogP contribution in [0, 0.1) is 11.8 Å². The molecule has 1 atom stereocenters. The van der Waals surface area contributed by atoms with Crippen molar-refractivity contribution in [2.45, 2.75) is 45.1 Å². The van der Waals surface area contributed by atoms with Crippen LogP contribution < -0.4 is 5.32 Å². The van der Waals surface area contributed by atoms with Gasteiger partial charge in [-0.2, -0.15) is 0 Å². The largest absolute Gasteiger partial charge is 0.311 e. The van der Waals surface area contributed by atoms with Crippen molar-refractivity contribution < 1.29 is 0 Å². The van der Waals surface area contributed by atoms with Crippen LogP contribution in [0.25, 0.3) is 0 Å². The van der Waals surface area contributed by atoms with E-state index < -0.39 is 0 Å². The molecule has 0 aromatic heterocycles. The molecular weight excluding hydrogens is 134 g/mol. The predicted molar refractivity (Wildman–Crippen MR) is 47.5 cm³/mol. The molecule has 1 unspecified atom stereocenters. The van der Waals surface area contributed by atoms with Crippen LogP contribution in [0.2, 0.25) is 0 Å². The average Bonchev–Trinajstić information content (AvgIpc) is 2.69. The fraction of sp³-hybridized carbons (Fsp3) is 1.00. The quantitative estimate of drug-likeness (QED) is 0.641. The van der Waals surface area contributed by atoms with Crippen molar-refractivity contribution in [1.29, 1.82) is 0 Å². The molecule has 0 bridgehead atoms. The van der Waals surface area contributed by atoms with Crippen molar-refractivity contribution in [1.82, 2.24) is 5.32 Å². The second kappa shape index (κ2) is 2.48. The van der Waals surface area contributed by atoms with E-state index >= 15 is 0 Å². The van der Waals surface area contributed by atoms with E-state index in [0.717, 1.165) is 11.8 Å². The summed E-state index contributed by atoms with van der Waals surface area (Å²) < 4.78 is 0. The first-order valence-electron chi connectivity index (χ1n) is 5.01. The Bertz CT molecular complexity index is 137. The predicted octanol–water partition coefficient (Wildman–Crippen LogP) is 2.17. The van der Waals surface area contributed by atoms with E-state index in [1.165, 1.54) is 32.2 Å². The molecule has 0 aromatic rings. The molecule has 11 heavy (non-hydrogen) atoms. The van der Waals surface area contributed by atoms with Gasteiger partial charge in [-0.3, -0.25) is 0 Å². The summed E-state index contributed by atoms with van der Waals surface area (Å²) in [5.41, 5.74) is 0.556.